The summed E-state index contributed by atoms with van der Waals surface area (Å²) in [7, 11) is 0. The number of hydrogen-bond donors (Lipinski definition) is 0. The predicted octanol–water partition coefficient (Wildman–Crippen LogP) is 22.2. The van der Waals surface area contributed by atoms with Crippen molar-refractivity contribution in [3.8, 4) is 0 Å². The Bertz CT molecular complexity index is 1560. The van der Waals surface area contributed by atoms with Gasteiger partial charge >= 0.3 is 17.9 Å². The Hall–Kier alpha value is -3.93. The quantitative estimate of drug-likeness (QED) is 0.0261. The Balaban J connectivity index is 4.20. The molecule has 1 atom stereocenters. The molecule has 0 spiro atoms. The molecule has 0 aromatic carbocycles. The molecular weight excluding hydrogens is 949 g/mol. The molecule has 0 heterocycles. The maximum Gasteiger partial charge on any atom is 0.306 e. The normalized spacial score (nSPS) is 12.8. The number of allylic oxidation sites excluding steroid dienone is 18. The van der Waals surface area contributed by atoms with Crippen LogP contribution < -0.4 is 0 Å². The summed E-state index contributed by atoms with van der Waals surface area (Å²) in [4.78, 5) is 38.2. The van der Waals surface area contributed by atoms with Crippen LogP contribution in [0, 0.1) is 0 Å². The zero-order chi connectivity index (χ0) is 55.7. The molecule has 6 nitrogen and oxygen atoms in total. The van der Waals surface area contributed by atoms with E-state index in [0.29, 0.717) is 19.3 Å². The van der Waals surface area contributed by atoms with Gasteiger partial charge in [-0.25, -0.2) is 0 Å². The van der Waals surface area contributed by atoms with Crippen LogP contribution in [0.4, 0.5) is 0 Å². The molecule has 6 heteroatoms. The van der Waals surface area contributed by atoms with Gasteiger partial charge in [0.15, 0.2) is 6.10 Å². The standard InChI is InChI=1S/C71H120O6/c1-4-7-10-13-16-19-22-25-27-28-29-30-31-32-33-34-35-36-37-38-39-40-41-42-43-44-45-47-49-52-55-58-61-64-70(73)76-67-68(66-75-69(72)63-60-57-54-51-48-24-21-18-15-12-9-6-3)77-71(74)65-62-59-56-53-50-46-26-23-20-17-14-11-8-5-2/h7,10,16,18-19,21,23,25-27,29-30,32-33,35-36,38-39,68H,4-6,8-9,11-15,17,20,22,24,28,31,34,37,40-67H2,1-3H3/b10-7-,19-16-,21-18-,26-23-,27-25-,30-29-,33-32-,36-35-,39-38-. The van der Waals surface area contributed by atoms with Crippen LogP contribution in [-0.2, 0) is 28.6 Å². The fourth-order valence-corrected chi connectivity index (χ4v) is 8.88. The second kappa shape index (κ2) is 64.6. The van der Waals surface area contributed by atoms with Crippen molar-refractivity contribution in [1.82, 2.24) is 0 Å². The number of ether oxygens (including phenoxy) is 3. The van der Waals surface area contributed by atoms with Crippen molar-refractivity contribution in [3.63, 3.8) is 0 Å². The second-order valence-corrected chi connectivity index (χ2v) is 21.3. The fourth-order valence-electron chi connectivity index (χ4n) is 8.88. The number of esters is 3. The van der Waals surface area contributed by atoms with Gasteiger partial charge in [0.1, 0.15) is 13.2 Å². The summed E-state index contributed by atoms with van der Waals surface area (Å²) in [6, 6.07) is 0. The minimum Gasteiger partial charge on any atom is -0.462 e. The van der Waals surface area contributed by atoms with Gasteiger partial charge in [-0.05, 0) is 128 Å². The molecule has 0 aliphatic rings. The van der Waals surface area contributed by atoms with Crippen LogP contribution in [0.1, 0.15) is 303 Å². The zero-order valence-electron chi connectivity index (χ0n) is 50.4. The molecule has 0 amide bonds. The number of carbonyl (C=O) groups excluding carboxylic acids is 3. The predicted molar refractivity (Wildman–Crippen MR) is 334 cm³/mol. The minimum absolute atomic E-state index is 0.0844. The van der Waals surface area contributed by atoms with Crippen LogP contribution in [-0.4, -0.2) is 37.2 Å². The van der Waals surface area contributed by atoms with E-state index in [1.807, 2.05) is 0 Å². The highest BCUT2D eigenvalue weighted by Crippen LogP contribution is 2.16. The Kier molecular flexibility index (Phi) is 61.3. The lowest BCUT2D eigenvalue weighted by molar-refractivity contribution is -0.167. The van der Waals surface area contributed by atoms with Crippen molar-refractivity contribution < 1.29 is 28.6 Å². The molecule has 77 heavy (non-hydrogen) atoms. The van der Waals surface area contributed by atoms with Gasteiger partial charge in [0.05, 0.1) is 0 Å². The molecule has 0 saturated carbocycles. The summed E-state index contributed by atoms with van der Waals surface area (Å²) >= 11 is 0. The lowest BCUT2D eigenvalue weighted by Crippen LogP contribution is -2.30. The Morgan fingerprint density at radius 3 is 0.831 bits per heavy atom. The van der Waals surface area contributed by atoms with Crippen LogP contribution in [0.2, 0.25) is 0 Å². The first-order chi connectivity index (χ1) is 38.0. The van der Waals surface area contributed by atoms with Crippen LogP contribution in [0.3, 0.4) is 0 Å². The van der Waals surface area contributed by atoms with Crippen molar-refractivity contribution in [2.75, 3.05) is 13.2 Å². The van der Waals surface area contributed by atoms with Gasteiger partial charge in [-0.3, -0.25) is 14.4 Å². The molecule has 440 valence electrons. The molecule has 0 saturated heterocycles. The topological polar surface area (TPSA) is 78.9 Å². The first-order valence-electron chi connectivity index (χ1n) is 32.4. The van der Waals surface area contributed by atoms with Crippen molar-refractivity contribution in [3.05, 3.63) is 109 Å². The fraction of sp³-hybridized carbons (Fsp3) is 0.704. The average Bonchev–Trinajstić information content (AvgIpc) is 3.43. The Labute approximate surface area is 476 Å². The molecule has 0 N–H and O–H groups in total. The van der Waals surface area contributed by atoms with Gasteiger partial charge in [-0.15, -0.1) is 0 Å². The van der Waals surface area contributed by atoms with E-state index >= 15 is 0 Å². The first kappa shape index (κ1) is 73.1. The van der Waals surface area contributed by atoms with Crippen molar-refractivity contribution in [2.24, 2.45) is 0 Å². The number of carbonyl (C=O) groups is 3. The van der Waals surface area contributed by atoms with Gasteiger partial charge in [0, 0.05) is 19.3 Å². The van der Waals surface area contributed by atoms with E-state index in [9.17, 15) is 14.4 Å². The highest BCUT2D eigenvalue weighted by atomic mass is 16.6. The van der Waals surface area contributed by atoms with Gasteiger partial charge in [0.2, 0.25) is 0 Å². The molecule has 0 radical (unpaired) electrons. The third-order valence-electron chi connectivity index (χ3n) is 13.7. The zero-order valence-corrected chi connectivity index (χ0v) is 50.4. The maximum absolute atomic E-state index is 12.9. The SMILES string of the molecule is CC/C=C\C/C=C\C/C=C\C/C=C\C/C=C\C/C=C\C/C=C\CCCCCCCCCCCCCC(=O)OCC(COC(=O)CCCCCCC/C=C\CCCCC)OC(=O)CCCCCCC/C=C\CCCCCCC. The summed E-state index contributed by atoms with van der Waals surface area (Å²) in [6.45, 7) is 6.49. The van der Waals surface area contributed by atoms with E-state index in [1.165, 1.54) is 141 Å². The summed E-state index contributed by atoms with van der Waals surface area (Å²) in [6.07, 6.45) is 88.2. The molecule has 0 rings (SSSR count). The monoisotopic (exact) mass is 1070 g/mol. The summed E-state index contributed by atoms with van der Waals surface area (Å²) in [5, 5.41) is 0. The number of unbranched alkanes of at least 4 members (excludes halogenated alkanes) is 29. The van der Waals surface area contributed by atoms with Gasteiger partial charge in [0.25, 0.3) is 0 Å². The highest BCUT2D eigenvalue weighted by molar-refractivity contribution is 5.71. The minimum atomic E-state index is -0.787. The number of hydrogen-bond acceptors (Lipinski definition) is 6. The van der Waals surface area contributed by atoms with E-state index in [-0.39, 0.29) is 31.1 Å². The van der Waals surface area contributed by atoms with Crippen molar-refractivity contribution in [2.45, 2.75) is 309 Å². The lowest BCUT2D eigenvalue weighted by atomic mass is 10.0. The summed E-state index contributed by atoms with van der Waals surface area (Å²) < 4.78 is 16.9. The Morgan fingerprint density at radius 2 is 0.506 bits per heavy atom. The van der Waals surface area contributed by atoms with E-state index < -0.39 is 6.10 Å². The molecule has 0 aromatic heterocycles. The van der Waals surface area contributed by atoms with Gasteiger partial charge in [-0.2, -0.15) is 0 Å². The molecule has 1 unspecified atom stereocenters. The smallest absolute Gasteiger partial charge is 0.306 e. The molecule has 0 aliphatic heterocycles. The van der Waals surface area contributed by atoms with Crippen LogP contribution in [0.25, 0.3) is 0 Å². The summed E-state index contributed by atoms with van der Waals surface area (Å²) in [5.41, 5.74) is 0. The average molecular weight is 1070 g/mol. The second-order valence-electron chi connectivity index (χ2n) is 21.3. The largest absolute Gasteiger partial charge is 0.462 e. The van der Waals surface area contributed by atoms with Crippen molar-refractivity contribution in [1.29, 1.82) is 0 Å². The third kappa shape index (κ3) is 62.8. The number of rotatable bonds is 58. The van der Waals surface area contributed by atoms with E-state index in [4.69, 9.17) is 14.2 Å². The highest BCUT2D eigenvalue weighted by Gasteiger charge is 2.19. The van der Waals surface area contributed by atoms with Gasteiger partial charge in [-0.1, -0.05) is 265 Å². The van der Waals surface area contributed by atoms with E-state index in [2.05, 4.69) is 130 Å². The van der Waals surface area contributed by atoms with Crippen LogP contribution >= 0.6 is 0 Å². The van der Waals surface area contributed by atoms with E-state index in [1.54, 1.807) is 0 Å². The lowest BCUT2D eigenvalue weighted by Gasteiger charge is -2.18. The van der Waals surface area contributed by atoms with Crippen LogP contribution in [0.5, 0.6) is 0 Å². The molecule has 0 aliphatic carbocycles. The van der Waals surface area contributed by atoms with E-state index in [0.717, 1.165) is 122 Å². The van der Waals surface area contributed by atoms with Crippen LogP contribution in [0.15, 0.2) is 109 Å². The van der Waals surface area contributed by atoms with Crippen molar-refractivity contribution >= 4 is 17.9 Å². The third-order valence-corrected chi connectivity index (χ3v) is 13.7. The summed E-state index contributed by atoms with van der Waals surface area (Å²) in [5.74, 6) is -0.899. The maximum atomic E-state index is 12.9. The molecular formula is C71H120O6. The van der Waals surface area contributed by atoms with Gasteiger partial charge < -0.3 is 14.2 Å². The molecule has 0 fully saturated rings. The Morgan fingerprint density at radius 1 is 0.273 bits per heavy atom. The molecule has 0 bridgehead atoms. The first-order valence-corrected chi connectivity index (χ1v) is 32.4. The molecule has 0 aromatic rings.